The van der Waals surface area contributed by atoms with Gasteiger partial charge in [-0.15, -0.1) is 0 Å². The van der Waals surface area contributed by atoms with Crippen LogP contribution in [0, 0.1) is 0 Å². The van der Waals surface area contributed by atoms with Gasteiger partial charge >= 0.3 is 0 Å². The van der Waals surface area contributed by atoms with Crippen molar-refractivity contribution in [2.24, 2.45) is 0 Å². The molecule has 0 aliphatic carbocycles. The Balaban J connectivity index is 1.55. The zero-order valence-electron chi connectivity index (χ0n) is 17.3. The lowest BCUT2D eigenvalue weighted by atomic mass is 10.1. The van der Waals surface area contributed by atoms with Crippen molar-refractivity contribution in [1.29, 1.82) is 0 Å². The van der Waals surface area contributed by atoms with E-state index in [0.29, 0.717) is 23.7 Å². The number of methoxy groups -OCH3 is 3. The maximum atomic E-state index is 12.8. The molecule has 4 rings (SSSR count). The first-order valence-electron chi connectivity index (χ1n) is 9.57. The van der Waals surface area contributed by atoms with Crippen LogP contribution < -0.4 is 24.8 Å². The van der Waals surface area contributed by atoms with Crippen LogP contribution >= 0.6 is 0 Å². The number of carbonyl (C=O) groups is 2. The molecule has 31 heavy (non-hydrogen) atoms. The number of hydrogen-bond acceptors (Lipinski definition) is 6. The fraction of sp³-hybridized carbons (Fsp3) is 0.227. The van der Waals surface area contributed by atoms with Crippen LogP contribution in [-0.4, -0.2) is 42.7 Å². The van der Waals surface area contributed by atoms with Gasteiger partial charge in [-0.25, -0.2) is 4.98 Å². The van der Waals surface area contributed by atoms with Gasteiger partial charge in [-0.1, -0.05) is 12.1 Å². The summed E-state index contributed by atoms with van der Waals surface area (Å²) in [6.45, 7) is 0.455. The van der Waals surface area contributed by atoms with Crippen LogP contribution in [0.3, 0.4) is 0 Å². The molecule has 3 aromatic rings. The molecule has 0 spiro atoms. The van der Waals surface area contributed by atoms with Crippen LogP contribution in [0.25, 0.3) is 0 Å². The van der Waals surface area contributed by atoms with Crippen LogP contribution in [0.15, 0.2) is 48.7 Å². The van der Waals surface area contributed by atoms with Crippen molar-refractivity contribution in [1.82, 2.24) is 14.9 Å². The molecule has 0 radical (unpaired) electrons. The Hall–Kier alpha value is -4.01. The molecular formula is C22H22N4O5. The zero-order chi connectivity index (χ0) is 22.0. The molecule has 2 N–H and O–H groups in total. The molecule has 1 aliphatic rings. The smallest absolute Gasteiger partial charge is 0.287 e. The maximum Gasteiger partial charge on any atom is 0.287 e. The Labute approximate surface area is 178 Å². The molecule has 1 atom stereocenters. The number of benzene rings is 2. The van der Waals surface area contributed by atoms with E-state index in [1.54, 1.807) is 36.1 Å². The van der Waals surface area contributed by atoms with E-state index in [9.17, 15) is 9.59 Å². The average molecular weight is 422 g/mol. The summed E-state index contributed by atoms with van der Waals surface area (Å²) >= 11 is 0. The fourth-order valence-corrected chi connectivity index (χ4v) is 3.43. The number of nitrogens with zero attached hydrogens (tertiary/aromatic N) is 2. The minimum atomic E-state index is -0.456. The van der Waals surface area contributed by atoms with Gasteiger partial charge in [-0.05, 0) is 29.8 Å². The van der Waals surface area contributed by atoms with Gasteiger partial charge in [0.25, 0.3) is 11.8 Å². The van der Waals surface area contributed by atoms with Crippen LogP contribution in [0.4, 0.5) is 5.69 Å². The summed E-state index contributed by atoms with van der Waals surface area (Å²) in [6.07, 6.45) is 1.58. The molecule has 2 heterocycles. The van der Waals surface area contributed by atoms with Gasteiger partial charge in [0.1, 0.15) is 22.9 Å². The zero-order valence-corrected chi connectivity index (χ0v) is 17.3. The molecule has 2 aromatic carbocycles. The Morgan fingerprint density at radius 2 is 1.77 bits per heavy atom. The molecule has 0 saturated heterocycles. The molecule has 1 aromatic heterocycles. The minimum absolute atomic E-state index is 0.130. The highest BCUT2D eigenvalue weighted by atomic mass is 16.5. The molecule has 0 fully saturated rings. The molecule has 2 amide bonds. The third-order valence-corrected chi connectivity index (χ3v) is 5.07. The number of imidazole rings is 1. The summed E-state index contributed by atoms with van der Waals surface area (Å²) in [5.74, 6) is 1.18. The Morgan fingerprint density at radius 3 is 2.45 bits per heavy atom. The molecule has 160 valence electrons. The summed E-state index contributed by atoms with van der Waals surface area (Å²) in [4.78, 5) is 29.6. The molecule has 1 unspecified atom stereocenters. The normalized spacial score (nSPS) is 14.9. The first-order valence-corrected chi connectivity index (χ1v) is 9.57. The van der Waals surface area contributed by atoms with E-state index < -0.39 is 5.91 Å². The van der Waals surface area contributed by atoms with Crippen molar-refractivity contribution in [2.75, 3.05) is 26.6 Å². The van der Waals surface area contributed by atoms with Crippen molar-refractivity contribution >= 4 is 17.5 Å². The molecule has 1 aliphatic heterocycles. The van der Waals surface area contributed by atoms with E-state index in [1.807, 2.05) is 24.3 Å². The van der Waals surface area contributed by atoms with E-state index in [1.165, 1.54) is 14.2 Å². The molecule has 0 bridgehead atoms. The largest absolute Gasteiger partial charge is 0.497 e. The van der Waals surface area contributed by atoms with Crippen LogP contribution in [0.2, 0.25) is 0 Å². The van der Waals surface area contributed by atoms with Crippen molar-refractivity contribution in [3.63, 3.8) is 0 Å². The number of hydrogen-bond donors (Lipinski definition) is 2. The van der Waals surface area contributed by atoms with Crippen molar-refractivity contribution < 1.29 is 23.8 Å². The first kappa shape index (κ1) is 20.3. The third-order valence-electron chi connectivity index (χ3n) is 5.07. The number of nitrogens with one attached hydrogen (secondary N) is 2. The van der Waals surface area contributed by atoms with E-state index in [-0.39, 0.29) is 23.5 Å². The summed E-state index contributed by atoms with van der Waals surface area (Å²) < 4.78 is 17.4. The van der Waals surface area contributed by atoms with Gasteiger partial charge in [0.15, 0.2) is 5.82 Å². The summed E-state index contributed by atoms with van der Waals surface area (Å²) in [5.41, 5.74) is 1.50. The first-order chi connectivity index (χ1) is 15.0. The van der Waals surface area contributed by atoms with Crippen LogP contribution in [0.1, 0.15) is 32.7 Å². The Bertz CT molecular complexity index is 1120. The minimum Gasteiger partial charge on any atom is -0.497 e. The standard InChI is InChI=1S/C22H22N4O5/c1-29-14-6-4-13(5-7-14)17-11-26-12-18(23-20(26)22(28)25-17)21(27)24-16-10-15(30-2)8-9-19(16)31-3/h4-10,12,17H,11H2,1-3H3,(H,24,27)(H,25,28). The van der Waals surface area contributed by atoms with Gasteiger partial charge in [-0.2, -0.15) is 0 Å². The van der Waals surface area contributed by atoms with E-state index >= 15 is 0 Å². The molecule has 9 heteroatoms. The summed E-state index contributed by atoms with van der Waals surface area (Å²) in [6, 6.07) is 12.3. The highest BCUT2D eigenvalue weighted by Gasteiger charge is 2.29. The highest BCUT2D eigenvalue weighted by Crippen LogP contribution is 2.29. The van der Waals surface area contributed by atoms with E-state index in [2.05, 4.69) is 15.6 Å². The number of ether oxygens (including phenoxy) is 3. The van der Waals surface area contributed by atoms with Crippen molar-refractivity contribution in [3.8, 4) is 17.2 Å². The van der Waals surface area contributed by atoms with Gasteiger partial charge in [-0.3, -0.25) is 9.59 Å². The average Bonchev–Trinajstić information content (AvgIpc) is 3.24. The lowest BCUT2D eigenvalue weighted by Crippen LogP contribution is -2.38. The number of fused-ring (bicyclic) bond motifs is 1. The predicted molar refractivity (Wildman–Crippen MR) is 113 cm³/mol. The topological polar surface area (TPSA) is 104 Å². The predicted octanol–water partition coefficient (Wildman–Crippen LogP) is 2.65. The quantitative estimate of drug-likeness (QED) is 0.633. The van der Waals surface area contributed by atoms with Gasteiger partial charge in [0, 0.05) is 18.8 Å². The fourth-order valence-electron chi connectivity index (χ4n) is 3.43. The van der Waals surface area contributed by atoms with E-state index in [4.69, 9.17) is 14.2 Å². The summed E-state index contributed by atoms with van der Waals surface area (Å²) in [7, 11) is 4.65. The molecule has 0 saturated carbocycles. The second-order valence-electron chi connectivity index (χ2n) is 6.92. The van der Waals surface area contributed by atoms with Crippen LogP contribution in [0.5, 0.6) is 17.2 Å². The number of rotatable bonds is 6. The van der Waals surface area contributed by atoms with Gasteiger partial charge < -0.3 is 29.4 Å². The lowest BCUT2D eigenvalue weighted by Gasteiger charge is -2.25. The SMILES string of the molecule is COc1ccc(C2Cn3cc(C(=O)Nc4cc(OC)ccc4OC)nc3C(=O)N2)cc1. The number of aromatic nitrogens is 2. The Morgan fingerprint density at radius 1 is 1.06 bits per heavy atom. The number of anilines is 1. The van der Waals surface area contributed by atoms with Gasteiger partial charge in [0.05, 0.1) is 33.1 Å². The van der Waals surface area contributed by atoms with Crippen molar-refractivity contribution in [3.05, 3.63) is 65.7 Å². The second-order valence-corrected chi connectivity index (χ2v) is 6.92. The third kappa shape index (κ3) is 4.02. The van der Waals surface area contributed by atoms with Crippen molar-refractivity contribution in [2.45, 2.75) is 12.6 Å². The Kier molecular flexibility index (Phi) is 5.48. The monoisotopic (exact) mass is 422 g/mol. The van der Waals surface area contributed by atoms with E-state index in [0.717, 1.165) is 11.3 Å². The highest BCUT2D eigenvalue weighted by molar-refractivity contribution is 6.04. The molecular weight excluding hydrogens is 400 g/mol. The second kappa shape index (κ2) is 8.39. The number of amides is 2. The number of carbonyl (C=O) groups excluding carboxylic acids is 2. The van der Waals surface area contributed by atoms with Crippen LogP contribution in [-0.2, 0) is 6.54 Å². The lowest BCUT2D eigenvalue weighted by molar-refractivity contribution is 0.0894. The molecule has 9 nitrogen and oxygen atoms in total. The maximum absolute atomic E-state index is 12.8. The summed E-state index contributed by atoms with van der Waals surface area (Å²) in [5, 5.41) is 5.70. The van der Waals surface area contributed by atoms with Gasteiger partial charge in [0.2, 0.25) is 0 Å².